The van der Waals surface area contributed by atoms with Crippen molar-refractivity contribution in [3.05, 3.63) is 210 Å². The van der Waals surface area contributed by atoms with Crippen molar-refractivity contribution in [1.29, 1.82) is 0 Å². The Hall–Kier alpha value is -7.16. The summed E-state index contributed by atoms with van der Waals surface area (Å²) in [7, 11) is 0. The minimum absolute atomic E-state index is 0.0510. The predicted molar refractivity (Wildman–Crippen MR) is 197 cm³/mol. The fourth-order valence-corrected chi connectivity index (χ4v) is 5.41. The maximum Gasteiger partial charge on any atom is 0.267 e. The molecule has 0 unspecified atom stereocenters. The molecule has 0 atom stereocenters. The molecule has 7 aromatic rings. The fourth-order valence-electron chi connectivity index (χ4n) is 5.41. The topological polar surface area (TPSA) is 191 Å². The van der Waals surface area contributed by atoms with Crippen LogP contribution in [0.2, 0.25) is 0 Å². The van der Waals surface area contributed by atoms with Gasteiger partial charge in [0.1, 0.15) is 54.5 Å². The zero-order chi connectivity index (χ0) is 40.5. The molecule has 12 nitrogen and oxygen atoms in total. The van der Waals surface area contributed by atoms with Crippen LogP contribution < -0.4 is 15.6 Å². The van der Waals surface area contributed by atoms with Crippen LogP contribution in [-0.2, 0) is 32.7 Å². The van der Waals surface area contributed by atoms with E-state index >= 15 is 0 Å². The largest absolute Gasteiger partial charge is 0.501 e. The second-order valence-electron chi connectivity index (χ2n) is 12.4. The Kier molecular flexibility index (Phi) is 12.5. The summed E-state index contributed by atoms with van der Waals surface area (Å²) >= 11 is 0. The van der Waals surface area contributed by atoms with E-state index in [4.69, 9.17) is 27.5 Å². The molecule has 14 heteroatoms. The molecule has 0 saturated heterocycles. The van der Waals surface area contributed by atoms with Gasteiger partial charge < -0.3 is 37.7 Å². The Morgan fingerprint density at radius 1 is 0.544 bits per heavy atom. The fraction of sp³-hybridized carbons (Fsp3) is 0.116. The molecule has 0 amide bonds. The lowest BCUT2D eigenvalue weighted by atomic mass is 10.1. The third-order valence-electron chi connectivity index (χ3n) is 8.23. The van der Waals surface area contributed by atoms with Gasteiger partial charge >= 0.3 is 0 Å². The lowest BCUT2D eigenvalue weighted by Gasteiger charge is -2.10. The number of ether oxygens (including phenoxy) is 1. The molecule has 0 spiro atoms. The van der Waals surface area contributed by atoms with Gasteiger partial charge in [0, 0.05) is 25.0 Å². The highest BCUT2D eigenvalue weighted by molar-refractivity contribution is 6.07. The molecule has 0 radical (unpaired) electrons. The smallest absolute Gasteiger partial charge is 0.267 e. The zero-order valence-electron chi connectivity index (χ0n) is 29.8. The van der Waals surface area contributed by atoms with Gasteiger partial charge in [-0.15, -0.1) is 0 Å². The molecule has 3 aromatic carbocycles. The van der Waals surface area contributed by atoms with E-state index in [9.17, 15) is 38.2 Å². The molecule has 7 rings (SSSR count). The summed E-state index contributed by atoms with van der Waals surface area (Å²) in [4.78, 5) is 49.6. The van der Waals surface area contributed by atoms with Crippen LogP contribution in [0.5, 0.6) is 11.5 Å². The summed E-state index contributed by atoms with van der Waals surface area (Å²) in [5.41, 5.74) is 0.970. The monoisotopic (exact) mass is 778 g/mol. The van der Waals surface area contributed by atoms with Crippen molar-refractivity contribution < 1.29 is 56.1 Å². The highest BCUT2D eigenvalue weighted by atomic mass is 19.1. The van der Waals surface area contributed by atoms with Gasteiger partial charge in [-0.25, -0.2) is 8.78 Å². The van der Waals surface area contributed by atoms with Gasteiger partial charge in [0.25, 0.3) is 11.6 Å². The van der Waals surface area contributed by atoms with E-state index in [0.29, 0.717) is 24.4 Å². The molecule has 0 bridgehead atoms. The van der Waals surface area contributed by atoms with Crippen LogP contribution in [-0.4, -0.2) is 26.9 Å². The third-order valence-corrected chi connectivity index (χ3v) is 8.23. The third kappa shape index (κ3) is 9.94. The predicted octanol–water partition coefficient (Wildman–Crippen LogP) is 6.66. The minimum atomic E-state index is -0.848. The van der Waals surface area contributed by atoms with Crippen molar-refractivity contribution in [3.8, 4) is 11.5 Å². The van der Waals surface area contributed by atoms with Crippen LogP contribution in [0.15, 0.2) is 143 Å². The van der Waals surface area contributed by atoms with E-state index in [1.807, 2.05) is 30.3 Å². The number of aliphatic hydroxyl groups excluding tert-OH is 2. The Morgan fingerprint density at radius 2 is 1.02 bits per heavy atom. The van der Waals surface area contributed by atoms with Crippen molar-refractivity contribution in [2.45, 2.75) is 32.7 Å². The lowest BCUT2D eigenvalue weighted by Crippen LogP contribution is -2.15. The van der Waals surface area contributed by atoms with E-state index in [1.165, 1.54) is 36.4 Å². The number of carbonyl (C=O) groups is 2. The Labute approximate surface area is 321 Å². The molecule has 3 N–H and O–H groups in total. The van der Waals surface area contributed by atoms with Crippen molar-refractivity contribution in [3.63, 3.8) is 0 Å². The van der Waals surface area contributed by atoms with Crippen LogP contribution in [0.3, 0.4) is 0 Å². The van der Waals surface area contributed by atoms with Crippen molar-refractivity contribution in [2.24, 2.45) is 0 Å². The maximum absolute atomic E-state index is 13.1. The minimum Gasteiger partial charge on any atom is -0.501 e. The molecule has 290 valence electrons. The summed E-state index contributed by atoms with van der Waals surface area (Å²) in [6, 6.07) is 28.9. The Balaban J connectivity index is 0.000000199. The first kappa shape index (κ1) is 39.5. The molecular formula is C43H32F2O12. The number of benzene rings is 3. The second-order valence-corrected chi connectivity index (χ2v) is 12.4. The van der Waals surface area contributed by atoms with E-state index in [2.05, 4.69) is 0 Å². The molecule has 0 aliphatic heterocycles. The van der Waals surface area contributed by atoms with Gasteiger partial charge in [-0.3, -0.25) is 19.2 Å². The Bertz CT molecular complexity index is 2600. The van der Waals surface area contributed by atoms with Gasteiger partial charge in [-0.2, -0.15) is 0 Å². The molecule has 4 heterocycles. The first-order valence-corrected chi connectivity index (χ1v) is 17.2. The van der Waals surface area contributed by atoms with E-state index < -0.39 is 47.1 Å². The number of hydrogen-bond acceptors (Lipinski definition) is 12. The summed E-state index contributed by atoms with van der Waals surface area (Å²) < 4.78 is 53.2. The van der Waals surface area contributed by atoms with E-state index in [1.54, 1.807) is 36.4 Å². The number of aromatic hydroxyl groups is 1. The van der Waals surface area contributed by atoms with Crippen LogP contribution in [0.25, 0.3) is 0 Å². The first-order valence-electron chi connectivity index (χ1n) is 17.2. The highest BCUT2D eigenvalue weighted by Gasteiger charge is 2.26. The normalized spacial score (nSPS) is 10.8. The van der Waals surface area contributed by atoms with Crippen LogP contribution in [0, 0.1) is 11.6 Å². The number of rotatable bonds is 13. The van der Waals surface area contributed by atoms with Crippen LogP contribution >= 0.6 is 0 Å². The zero-order valence-corrected chi connectivity index (χ0v) is 29.8. The van der Waals surface area contributed by atoms with E-state index in [0.717, 1.165) is 28.8 Å². The van der Waals surface area contributed by atoms with Crippen molar-refractivity contribution in [2.75, 3.05) is 0 Å². The number of furan rings is 2. The molecule has 0 saturated carbocycles. The molecule has 0 aliphatic carbocycles. The summed E-state index contributed by atoms with van der Waals surface area (Å²) in [6.07, 6.45) is 0.686. The molecule has 4 aromatic heterocycles. The second kappa shape index (κ2) is 18.0. The summed E-state index contributed by atoms with van der Waals surface area (Å²) in [6.45, 7) is -1.09. The highest BCUT2D eigenvalue weighted by Crippen LogP contribution is 2.24. The number of ketones is 2. The first-order chi connectivity index (χ1) is 27.5. The average molecular weight is 779 g/mol. The van der Waals surface area contributed by atoms with Gasteiger partial charge in [-0.05, 0) is 65.2 Å². The van der Waals surface area contributed by atoms with Gasteiger partial charge in [0.15, 0.2) is 11.5 Å². The standard InChI is InChI=1S/C25H19FO6.C18H13FO6/c26-18-8-6-16(7-9-18)12-19-10-11-22(31-19)23(29)25-24(21(28)13-20(14-27)32-25)30-15-17-4-2-1-3-5-17;19-11-3-1-10(2-4-11)7-12-5-6-15(24-12)17(23)18-16(22)14(21)8-13(9-20)25-18/h1-11,13,27H,12,14-15H2;1-6,8,20,22H,7,9H2. The Morgan fingerprint density at radius 3 is 1.53 bits per heavy atom. The number of aliphatic hydroxyl groups is 2. The molecule has 0 aliphatic rings. The SMILES string of the molecule is O=C(c1ccc(Cc2ccc(F)cc2)o1)c1oc(CO)cc(=O)c1O.O=C(c1ccc(Cc2ccc(F)cc2)o1)c1oc(CO)cc(=O)c1OCc1ccccc1. The van der Waals surface area contributed by atoms with Crippen LogP contribution in [0.4, 0.5) is 8.78 Å². The molecule has 57 heavy (non-hydrogen) atoms. The average Bonchev–Trinajstić information content (AvgIpc) is 3.90. The molecular weight excluding hydrogens is 746 g/mol. The summed E-state index contributed by atoms with van der Waals surface area (Å²) in [5, 5.41) is 28.2. The lowest BCUT2D eigenvalue weighted by molar-refractivity contribution is 0.0959. The summed E-state index contributed by atoms with van der Waals surface area (Å²) in [5.74, 6) is -3.74. The van der Waals surface area contributed by atoms with Crippen LogP contribution in [0.1, 0.15) is 72.4 Å². The number of halogens is 2. The van der Waals surface area contributed by atoms with Crippen molar-refractivity contribution in [1.82, 2.24) is 0 Å². The van der Waals surface area contributed by atoms with Gasteiger partial charge in [-0.1, -0.05) is 54.6 Å². The maximum atomic E-state index is 13.1. The van der Waals surface area contributed by atoms with Gasteiger partial charge in [0.2, 0.25) is 33.9 Å². The number of hydrogen-bond donors (Lipinski definition) is 3. The van der Waals surface area contributed by atoms with Crippen molar-refractivity contribution >= 4 is 11.6 Å². The quantitative estimate of drug-likeness (QED) is 0.106. The van der Waals surface area contributed by atoms with Gasteiger partial charge in [0.05, 0.1) is 0 Å². The van der Waals surface area contributed by atoms with E-state index in [-0.39, 0.29) is 52.8 Å². The molecule has 0 fully saturated rings. The number of carbonyl (C=O) groups excluding carboxylic acids is 2.